The van der Waals surface area contributed by atoms with Gasteiger partial charge in [-0.25, -0.2) is 0 Å². The molecule has 0 saturated carbocycles. The van der Waals surface area contributed by atoms with Gasteiger partial charge < -0.3 is 16.0 Å². The Labute approximate surface area is 140 Å². The van der Waals surface area contributed by atoms with Crippen LogP contribution in [0.3, 0.4) is 0 Å². The second-order valence-corrected chi connectivity index (χ2v) is 5.56. The molecule has 3 nitrogen and oxygen atoms in total. The average Bonchev–Trinajstić information content (AvgIpc) is 2.65. The molecule has 1 aliphatic carbocycles. The van der Waals surface area contributed by atoms with Gasteiger partial charge in [0.1, 0.15) is 0 Å². The van der Waals surface area contributed by atoms with Gasteiger partial charge in [-0.2, -0.15) is 45.9 Å². The van der Waals surface area contributed by atoms with E-state index < -0.39 is 0 Å². The van der Waals surface area contributed by atoms with Crippen LogP contribution in [0.4, 0.5) is 0 Å². The molecule has 0 unspecified atom stereocenters. The van der Waals surface area contributed by atoms with Crippen molar-refractivity contribution in [2.75, 3.05) is 28.2 Å². The summed E-state index contributed by atoms with van der Waals surface area (Å²) in [7, 11) is 7.00. The van der Waals surface area contributed by atoms with Crippen molar-refractivity contribution < 1.29 is 21.1 Å². The second-order valence-electron chi connectivity index (χ2n) is 5.56. The van der Waals surface area contributed by atoms with Crippen LogP contribution in [0.15, 0.2) is 29.0 Å². The smallest absolute Gasteiger partial charge is 0.668 e. The van der Waals surface area contributed by atoms with Gasteiger partial charge in [0.2, 0.25) is 0 Å². The molecule has 0 atom stereocenters. The summed E-state index contributed by atoms with van der Waals surface area (Å²) in [5.74, 6) is 0. The Morgan fingerprint density at radius 2 is 1.40 bits per heavy atom. The zero-order valence-corrected chi connectivity index (χ0v) is 16.5. The van der Waals surface area contributed by atoms with Crippen LogP contribution in [0.1, 0.15) is 34.6 Å². The van der Waals surface area contributed by atoms with E-state index in [0.29, 0.717) is 0 Å². The third kappa shape index (κ3) is 15.7. The molecule has 0 bridgehead atoms. The fourth-order valence-electron chi connectivity index (χ4n) is 1.16. The van der Waals surface area contributed by atoms with E-state index in [4.69, 9.17) is 0 Å². The van der Waals surface area contributed by atoms with Crippen LogP contribution in [-0.4, -0.2) is 33.7 Å². The van der Waals surface area contributed by atoms with Gasteiger partial charge in [0.15, 0.2) is 0 Å². The van der Waals surface area contributed by atoms with Gasteiger partial charge in [0.05, 0.1) is 0 Å². The average molecular weight is 360 g/mol. The van der Waals surface area contributed by atoms with Crippen molar-refractivity contribution in [1.29, 1.82) is 0 Å². The van der Waals surface area contributed by atoms with E-state index >= 15 is 0 Å². The van der Waals surface area contributed by atoms with Crippen LogP contribution in [0.5, 0.6) is 0 Å². The Morgan fingerprint density at radius 3 is 1.65 bits per heavy atom. The summed E-state index contributed by atoms with van der Waals surface area (Å²) < 4.78 is 0. The maximum absolute atomic E-state index is 3.50. The van der Waals surface area contributed by atoms with Crippen molar-refractivity contribution in [3.05, 3.63) is 45.7 Å². The van der Waals surface area contributed by atoms with Crippen LogP contribution in [-0.2, 0) is 21.1 Å². The molecule has 0 aromatic rings. The van der Waals surface area contributed by atoms with E-state index in [9.17, 15) is 0 Å². The van der Waals surface area contributed by atoms with Crippen LogP contribution < -0.4 is 5.32 Å². The minimum absolute atomic E-state index is 0. The fraction of sp³-hybridized carbons (Fsp3) is 0.625. The molecule has 1 radical (unpaired) electrons. The summed E-state index contributed by atoms with van der Waals surface area (Å²) in [4.78, 5) is 0. The summed E-state index contributed by atoms with van der Waals surface area (Å²) in [6.45, 7) is 10.7. The molecule has 0 heterocycles. The molecule has 0 aromatic heterocycles. The Morgan fingerprint density at radius 1 is 1.00 bits per heavy atom. The standard InChI is InChI=1S/C12H18N.2C2H6N.Mo/c1-9(2)10-6-7-11(8-10)13-12(3,4)5;2*1-3-2;/h6-7,13H,1-5H3;2*1-2H3;/q3*-1;+3. The summed E-state index contributed by atoms with van der Waals surface area (Å²) in [5.41, 5.74) is 3.71. The topological polar surface area (TPSA) is 40.2 Å². The van der Waals surface area contributed by atoms with Gasteiger partial charge >= 0.3 is 21.1 Å². The first kappa shape index (κ1) is 24.6. The minimum Gasteiger partial charge on any atom is -0.668 e. The third-order valence-corrected chi connectivity index (χ3v) is 1.73. The molecule has 20 heavy (non-hydrogen) atoms. The monoisotopic (exact) mass is 362 g/mol. The normalized spacial score (nSPS) is 12.2. The van der Waals surface area contributed by atoms with Gasteiger partial charge in [-0.15, -0.1) is 11.6 Å². The fourth-order valence-corrected chi connectivity index (χ4v) is 1.16. The zero-order valence-electron chi connectivity index (χ0n) is 14.5. The number of allylic oxidation sites excluding steroid dienone is 5. The van der Waals surface area contributed by atoms with E-state index in [1.807, 2.05) is 0 Å². The predicted octanol–water partition coefficient (Wildman–Crippen LogP) is 4.20. The molecule has 0 saturated heterocycles. The molecule has 0 aliphatic heterocycles. The molecule has 0 aromatic carbocycles. The second kappa shape index (κ2) is 13.6. The molecule has 4 heteroatoms. The van der Waals surface area contributed by atoms with E-state index in [2.05, 4.69) is 68.8 Å². The number of hydrogen-bond acceptors (Lipinski definition) is 1. The van der Waals surface area contributed by atoms with Crippen LogP contribution in [0.25, 0.3) is 10.6 Å². The summed E-state index contributed by atoms with van der Waals surface area (Å²) in [6, 6.07) is 0. The van der Waals surface area contributed by atoms with Gasteiger partial charge in [0, 0.05) is 5.54 Å². The van der Waals surface area contributed by atoms with Crippen molar-refractivity contribution in [2.45, 2.75) is 40.2 Å². The first-order chi connectivity index (χ1) is 8.71. The van der Waals surface area contributed by atoms with E-state index in [-0.39, 0.29) is 26.6 Å². The van der Waals surface area contributed by atoms with E-state index in [1.54, 1.807) is 28.2 Å². The zero-order chi connectivity index (χ0) is 15.5. The van der Waals surface area contributed by atoms with Gasteiger partial charge in [-0.05, 0) is 20.8 Å². The third-order valence-electron chi connectivity index (χ3n) is 1.73. The van der Waals surface area contributed by atoms with Gasteiger partial charge in [-0.3, -0.25) is 0 Å². The Bertz CT molecular complexity index is 317. The Hall–Kier alpha value is -0.372. The van der Waals surface area contributed by atoms with E-state index in [1.165, 1.54) is 11.1 Å². The molecule has 0 spiro atoms. The molecule has 1 rings (SSSR count). The van der Waals surface area contributed by atoms with Crippen molar-refractivity contribution in [2.24, 2.45) is 0 Å². The minimum atomic E-state index is 0. The molecule has 1 aliphatic rings. The van der Waals surface area contributed by atoms with E-state index in [0.717, 1.165) is 5.70 Å². The van der Waals surface area contributed by atoms with Crippen LogP contribution >= 0.6 is 0 Å². The molecule has 115 valence electrons. The molecule has 1 N–H and O–H groups in total. The number of nitrogens with zero attached hydrogens (tertiary/aromatic N) is 2. The molecular weight excluding hydrogens is 330 g/mol. The van der Waals surface area contributed by atoms with Crippen molar-refractivity contribution in [3.8, 4) is 0 Å². The van der Waals surface area contributed by atoms with Crippen molar-refractivity contribution >= 4 is 0 Å². The quantitative estimate of drug-likeness (QED) is 0.552. The largest absolute Gasteiger partial charge is 3.00 e. The van der Waals surface area contributed by atoms with Gasteiger partial charge in [0.25, 0.3) is 0 Å². The Balaban J connectivity index is -0.000000356. The van der Waals surface area contributed by atoms with Crippen molar-refractivity contribution in [1.82, 2.24) is 5.32 Å². The Kier molecular flexibility index (Phi) is 16.8. The number of rotatable bonds is 1. The maximum atomic E-state index is 3.50. The van der Waals surface area contributed by atoms with Crippen LogP contribution in [0.2, 0.25) is 0 Å². The molecule has 0 fully saturated rings. The predicted molar refractivity (Wildman–Crippen MR) is 87.6 cm³/mol. The number of hydrogen-bond donors (Lipinski definition) is 1. The first-order valence-electron chi connectivity index (χ1n) is 6.45. The summed E-state index contributed by atoms with van der Waals surface area (Å²) >= 11 is 0. The SMILES string of the molecule is CC(C)=C1[C-]=C(NC(C)(C)C)C=C1.C[N-]C.C[N-]C.[Mo+3]. The van der Waals surface area contributed by atoms with Crippen LogP contribution in [0, 0.1) is 6.08 Å². The molecular formula is C16H30MoN3. The summed E-state index contributed by atoms with van der Waals surface area (Å²) in [6.07, 6.45) is 7.50. The molecule has 0 amide bonds. The summed E-state index contributed by atoms with van der Waals surface area (Å²) in [5, 5.41) is 10.4. The maximum Gasteiger partial charge on any atom is 3.00 e. The first-order valence-corrected chi connectivity index (χ1v) is 6.45. The van der Waals surface area contributed by atoms with Gasteiger partial charge in [-0.1, -0.05) is 19.5 Å². The number of nitrogens with one attached hydrogen (secondary N) is 1. The van der Waals surface area contributed by atoms with Crippen molar-refractivity contribution in [3.63, 3.8) is 0 Å².